The number of nitro groups is 1. The van der Waals surface area contributed by atoms with Crippen LogP contribution in [0.25, 0.3) is 10.9 Å². The highest BCUT2D eigenvalue weighted by molar-refractivity contribution is 5.94. The lowest BCUT2D eigenvalue weighted by Gasteiger charge is -2.36. The number of aromatic nitrogens is 1. The van der Waals surface area contributed by atoms with Gasteiger partial charge in [0.25, 0.3) is 0 Å². The molecule has 1 fully saturated rings. The van der Waals surface area contributed by atoms with Crippen LogP contribution in [0, 0.1) is 15.9 Å². The third-order valence-corrected chi connectivity index (χ3v) is 6.22. The largest absolute Gasteiger partial charge is 0.361 e. The van der Waals surface area contributed by atoms with Crippen LogP contribution in [0.3, 0.4) is 0 Å². The van der Waals surface area contributed by atoms with Crippen molar-refractivity contribution in [2.24, 2.45) is 0 Å². The minimum atomic E-state index is -1.19. The van der Waals surface area contributed by atoms with Gasteiger partial charge in [0, 0.05) is 19.7 Å². The van der Waals surface area contributed by atoms with Crippen LogP contribution in [-0.4, -0.2) is 57.7 Å². The van der Waals surface area contributed by atoms with Gasteiger partial charge in [0.05, 0.1) is 21.9 Å². The molecule has 2 heterocycles. The number of nitrogens with zero attached hydrogens (tertiary/aromatic N) is 3. The Morgan fingerprint density at radius 2 is 1.94 bits per heavy atom. The van der Waals surface area contributed by atoms with E-state index >= 15 is 0 Å². The zero-order valence-corrected chi connectivity index (χ0v) is 17.0. The summed E-state index contributed by atoms with van der Waals surface area (Å²) >= 11 is 0. The predicted molar refractivity (Wildman–Crippen MR) is 112 cm³/mol. The molecule has 4 rings (SSSR count). The van der Waals surface area contributed by atoms with Crippen LogP contribution in [0.4, 0.5) is 10.1 Å². The number of aldehydes is 1. The summed E-state index contributed by atoms with van der Waals surface area (Å²) in [4.78, 5) is 42.1. The Morgan fingerprint density at radius 3 is 2.58 bits per heavy atom. The van der Waals surface area contributed by atoms with E-state index in [1.807, 2.05) is 30.3 Å². The van der Waals surface area contributed by atoms with Gasteiger partial charge in [-0.15, -0.1) is 0 Å². The Labute approximate surface area is 177 Å². The number of hydrogen-bond acceptors (Lipinski definition) is 5. The van der Waals surface area contributed by atoms with Crippen molar-refractivity contribution in [3.8, 4) is 0 Å². The Bertz CT molecular complexity index is 1180. The fourth-order valence-electron chi connectivity index (χ4n) is 4.45. The number of nitrogens with one attached hydrogen (secondary N) is 1. The maximum absolute atomic E-state index is 14.2. The first-order valence-corrected chi connectivity index (χ1v) is 9.74. The molecule has 0 bridgehead atoms. The number of H-pyrrole nitrogens is 1. The average molecular weight is 424 g/mol. The standard InChI is InChI=1S/C22H21FN4O4/c1-25-18(10-15-12-24-17-9-8-16(23)20(19(15)17)27(30)31)21(29)26(2)22(25,13-28)11-14-6-4-3-5-7-14/h3-9,12-13,18,24H,10-11H2,1-2H3. The number of carbonyl (C=O) groups is 2. The first-order valence-electron chi connectivity index (χ1n) is 9.74. The highest BCUT2D eigenvalue weighted by atomic mass is 19.1. The molecule has 1 aliphatic heterocycles. The van der Waals surface area contributed by atoms with E-state index in [0.717, 1.165) is 17.9 Å². The van der Waals surface area contributed by atoms with Gasteiger partial charge in [-0.2, -0.15) is 4.39 Å². The molecule has 1 N–H and O–H groups in total. The van der Waals surface area contributed by atoms with Gasteiger partial charge in [0.15, 0.2) is 11.9 Å². The zero-order valence-electron chi connectivity index (χ0n) is 17.0. The average Bonchev–Trinajstić information content (AvgIpc) is 3.23. The van der Waals surface area contributed by atoms with Crippen LogP contribution in [0.5, 0.6) is 0 Å². The van der Waals surface area contributed by atoms with Crippen molar-refractivity contribution in [3.05, 3.63) is 75.7 Å². The van der Waals surface area contributed by atoms with E-state index in [9.17, 15) is 24.1 Å². The fraction of sp³-hybridized carbons (Fsp3) is 0.273. The zero-order chi connectivity index (χ0) is 22.3. The quantitative estimate of drug-likeness (QED) is 0.373. The van der Waals surface area contributed by atoms with Crippen molar-refractivity contribution < 1.29 is 18.9 Å². The topological polar surface area (TPSA) is 99.5 Å². The SMILES string of the molecule is CN1C(=O)C(Cc2c[nH]c3ccc(F)c([N+](=O)[O-])c23)N(C)C1(C=O)Cc1ccccc1. The third kappa shape index (κ3) is 3.17. The Morgan fingerprint density at radius 1 is 1.23 bits per heavy atom. The molecule has 2 unspecified atom stereocenters. The van der Waals surface area contributed by atoms with Crippen molar-refractivity contribution in [1.82, 2.24) is 14.8 Å². The summed E-state index contributed by atoms with van der Waals surface area (Å²) in [6.45, 7) is 0. The van der Waals surface area contributed by atoms with Crippen molar-refractivity contribution >= 4 is 28.8 Å². The smallest absolute Gasteiger partial charge is 0.314 e. The molecule has 1 amide bonds. The molecule has 8 nitrogen and oxygen atoms in total. The number of aromatic amines is 1. The summed E-state index contributed by atoms with van der Waals surface area (Å²) in [5.74, 6) is -1.22. The normalized spacial score (nSPS) is 21.7. The molecule has 160 valence electrons. The Balaban J connectivity index is 1.73. The first-order chi connectivity index (χ1) is 14.8. The van der Waals surface area contributed by atoms with Gasteiger partial charge >= 0.3 is 5.69 Å². The van der Waals surface area contributed by atoms with Crippen LogP contribution in [0.2, 0.25) is 0 Å². The number of nitro benzene ring substituents is 1. The Kier molecular flexibility index (Phi) is 5.06. The van der Waals surface area contributed by atoms with E-state index in [2.05, 4.69) is 4.98 Å². The lowest BCUT2D eigenvalue weighted by atomic mass is 9.98. The summed E-state index contributed by atoms with van der Waals surface area (Å²) in [6, 6.07) is 11.1. The summed E-state index contributed by atoms with van der Waals surface area (Å²) in [6.07, 6.45) is 2.70. The van der Waals surface area contributed by atoms with Gasteiger partial charge < -0.3 is 9.88 Å². The molecule has 0 saturated carbocycles. The highest BCUT2D eigenvalue weighted by Gasteiger charge is 2.53. The number of carbonyl (C=O) groups excluding carboxylic acids is 2. The maximum atomic E-state index is 14.2. The van der Waals surface area contributed by atoms with Crippen LogP contribution in [-0.2, 0) is 22.4 Å². The van der Waals surface area contributed by atoms with Crippen LogP contribution in [0.1, 0.15) is 11.1 Å². The monoisotopic (exact) mass is 424 g/mol. The molecule has 0 radical (unpaired) electrons. The molecular formula is C22H21FN4O4. The molecule has 1 saturated heterocycles. The molecule has 9 heteroatoms. The second-order valence-electron chi connectivity index (χ2n) is 7.78. The van der Waals surface area contributed by atoms with Gasteiger partial charge in [-0.25, -0.2) is 0 Å². The number of fused-ring (bicyclic) bond motifs is 1. The molecule has 1 aromatic heterocycles. The summed E-state index contributed by atoms with van der Waals surface area (Å²) < 4.78 is 14.2. The number of benzene rings is 2. The lowest BCUT2D eigenvalue weighted by molar-refractivity contribution is -0.385. The molecular weight excluding hydrogens is 403 g/mol. The molecule has 1 aliphatic rings. The van der Waals surface area contributed by atoms with E-state index in [4.69, 9.17) is 0 Å². The van der Waals surface area contributed by atoms with E-state index in [1.54, 1.807) is 25.2 Å². The molecule has 3 aromatic rings. The summed E-state index contributed by atoms with van der Waals surface area (Å²) in [5, 5.41) is 11.6. The van der Waals surface area contributed by atoms with E-state index in [0.29, 0.717) is 17.5 Å². The molecule has 0 spiro atoms. The highest BCUT2D eigenvalue weighted by Crippen LogP contribution is 2.36. The minimum absolute atomic E-state index is 0.0916. The van der Waals surface area contributed by atoms with E-state index < -0.39 is 28.1 Å². The molecule has 31 heavy (non-hydrogen) atoms. The van der Waals surface area contributed by atoms with Crippen molar-refractivity contribution in [2.45, 2.75) is 24.5 Å². The van der Waals surface area contributed by atoms with Gasteiger partial charge in [0.1, 0.15) is 0 Å². The van der Waals surface area contributed by atoms with Crippen LogP contribution >= 0.6 is 0 Å². The lowest BCUT2D eigenvalue weighted by Crippen LogP contribution is -2.55. The van der Waals surface area contributed by atoms with E-state index in [-0.39, 0.29) is 17.7 Å². The van der Waals surface area contributed by atoms with Gasteiger partial charge in [-0.3, -0.25) is 24.6 Å². The number of likely N-dealkylation sites (N-methyl/N-ethyl adjacent to an activating group) is 2. The maximum Gasteiger partial charge on any atom is 0.314 e. The predicted octanol–water partition coefficient (Wildman–Crippen LogP) is 2.67. The molecule has 0 aliphatic carbocycles. The number of rotatable bonds is 6. The molecule has 2 atom stereocenters. The molecule has 2 aromatic carbocycles. The summed E-state index contributed by atoms with van der Waals surface area (Å²) in [7, 11) is 3.26. The number of hydrogen-bond donors (Lipinski definition) is 1. The second-order valence-corrected chi connectivity index (χ2v) is 7.78. The minimum Gasteiger partial charge on any atom is -0.361 e. The van der Waals surface area contributed by atoms with Crippen molar-refractivity contribution in [3.63, 3.8) is 0 Å². The first kappa shape index (κ1) is 20.7. The van der Waals surface area contributed by atoms with Crippen LogP contribution in [0.15, 0.2) is 48.7 Å². The van der Waals surface area contributed by atoms with Crippen molar-refractivity contribution in [2.75, 3.05) is 14.1 Å². The third-order valence-electron chi connectivity index (χ3n) is 6.22. The van der Waals surface area contributed by atoms with Gasteiger partial charge in [-0.1, -0.05) is 30.3 Å². The van der Waals surface area contributed by atoms with Gasteiger partial charge in [0.2, 0.25) is 11.7 Å². The van der Waals surface area contributed by atoms with Crippen molar-refractivity contribution in [1.29, 1.82) is 0 Å². The second kappa shape index (κ2) is 7.59. The van der Waals surface area contributed by atoms with Crippen LogP contribution < -0.4 is 0 Å². The fourth-order valence-corrected chi connectivity index (χ4v) is 4.45. The van der Waals surface area contributed by atoms with Gasteiger partial charge in [-0.05, 0) is 36.7 Å². The summed E-state index contributed by atoms with van der Waals surface area (Å²) in [5.41, 5.74) is -0.0590. The number of halogens is 1. The Hall–Kier alpha value is -3.59. The van der Waals surface area contributed by atoms with E-state index in [1.165, 1.54) is 11.0 Å². The number of amides is 1.